The predicted octanol–water partition coefficient (Wildman–Crippen LogP) is 7.85. The van der Waals surface area contributed by atoms with E-state index in [1.807, 2.05) is 30.3 Å². The van der Waals surface area contributed by atoms with Gasteiger partial charge in [0.25, 0.3) is 0 Å². The zero-order valence-corrected chi connectivity index (χ0v) is 21.7. The Bertz CT molecular complexity index is 1300. The van der Waals surface area contributed by atoms with Crippen LogP contribution in [0.1, 0.15) is 42.7 Å². The van der Waals surface area contributed by atoms with E-state index in [-0.39, 0.29) is 0 Å². The van der Waals surface area contributed by atoms with Gasteiger partial charge in [-0.05, 0) is 87.5 Å². The largest absolute Gasteiger partial charge is 0.303 e. The Morgan fingerprint density at radius 3 is 2.43 bits per heavy atom. The minimum Gasteiger partial charge on any atom is -0.303 e. The molecule has 0 radical (unpaired) electrons. The fourth-order valence-electron chi connectivity index (χ4n) is 4.93. The highest BCUT2D eigenvalue weighted by molar-refractivity contribution is 6.43. The molecule has 1 aliphatic rings. The minimum absolute atomic E-state index is 0.524. The molecule has 2 aromatic heterocycles. The predicted molar refractivity (Wildman–Crippen MR) is 146 cm³/mol. The Kier molecular flexibility index (Phi) is 7.84. The first-order chi connectivity index (χ1) is 17.1. The molecule has 35 heavy (non-hydrogen) atoms. The van der Waals surface area contributed by atoms with Crippen molar-refractivity contribution in [2.45, 2.75) is 38.0 Å². The molecule has 3 heterocycles. The van der Waals surface area contributed by atoms with Crippen LogP contribution in [-0.2, 0) is 6.42 Å². The number of pyridine rings is 1. The lowest BCUT2D eigenvalue weighted by molar-refractivity contribution is 0.209. The summed E-state index contributed by atoms with van der Waals surface area (Å²) in [6.07, 6.45) is 8.72. The lowest BCUT2D eigenvalue weighted by Crippen LogP contribution is -2.33. The van der Waals surface area contributed by atoms with Gasteiger partial charge in [0, 0.05) is 16.8 Å². The third kappa shape index (κ3) is 5.62. The molecule has 0 amide bonds. The van der Waals surface area contributed by atoms with Gasteiger partial charge in [0.05, 0.1) is 33.0 Å². The number of aromatic nitrogens is 3. The fourth-order valence-corrected chi connectivity index (χ4v) is 5.68. The number of likely N-dealkylation sites (tertiary alicyclic amines) is 1. The van der Waals surface area contributed by atoms with Crippen LogP contribution in [0.25, 0.3) is 22.4 Å². The number of fused-ring (bicyclic) bond motifs is 1. The zero-order valence-electron chi connectivity index (χ0n) is 19.4. The number of nitrogens with zero attached hydrogens (tertiary/aromatic N) is 4. The smallest absolute Gasteiger partial charge is 0.108 e. The lowest BCUT2D eigenvalue weighted by atomic mass is 9.89. The van der Waals surface area contributed by atoms with Crippen LogP contribution in [-0.4, -0.2) is 39.5 Å². The SMILES string of the molecule is Clc1ccccc1C1CCN(CCCCc2c(Cl)c(Cl)cc3ncc(-c4ccccn4)nc23)CC1. The zero-order chi connectivity index (χ0) is 24.2. The maximum Gasteiger partial charge on any atom is 0.108 e. The number of halogens is 3. The molecule has 0 N–H and O–H groups in total. The first-order valence-corrected chi connectivity index (χ1v) is 13.3. The van der Waals surface area contributed by atoms with Crippen molar-refractivity contribution in [2.75, 3.05) is 19.6 Å². The minimum atomic E-state index is 0.524. The third-order valence-electron chi connectivity index (χ3n) is 6.84. The number of hydrogen-bond donors (Lipinski definition) is 0. The number of piperidine rings is 1. The number of aryl methyl sites for hydroxylation is 1. The molecule has 0 aliphatic carbocycles. The van der Waals surface area contributed by atoms with Crippen LogP contribution in [0, 0.1) is 0 Å². The van der Waals surface area contributed by atoms with Gasteiger partial charge in [-0.15, -0.1) is 0 Å². The molecule has 1 aliphatic heterocycles. The summed E-state index contributed by atoms with van der Waals surface area (Å²) in [4.78, 5) is 16.4. The first kappa shape index (κ1) is 24.5. The maximum absolute atomic E-state index is 6.65. The molecule has 1 fully saturated rings. The highest BCUT2D eigenvalue weighted by Gasteiger charge is 2.22. The summed E-state index contributed by atoms with van der Waals surface area (Å²) in [5.74, 6) is 0.559. The Morgan fingerprint density at radius 2 is 1.66 bits per heavy atom. The molecule has 4 aromatic rings. The number of rotatable bonds is 7. The van der Waals surface area contributed by atoms with Crippen LogP contribution in [0.2, 0.25) is 15.1 Å². The van der Waals surface area contributed by atoms with Crippen LogP contribution >= 0.6 is 34.8 Å². The van der Waals surface area contributed by atoms with E-state index in [1.54, 1.807) is 18.5 Å². The van der Waals surface area contributed by atoms with Crippen molar-refractivity contribution in [2.24, 2.45) is 0 Å². The molecule has 7 heteroatoms. The number of hydrogen-bond acceptors (Lipinski definition) is 4. The van der Waals surface area contributed by atoms with Crippen molar-refractivity contribution in [1.82, 2.24) is 19.9 Å². The molecule has 2 aromatic carbocycles. The van der Waals surface area contributed by atoms with Gasteiger partial charge in [-0.25, -0.2) is 4.98 Å². The molecule has 1 saturated heterocycles. The van der Waals surface area contributed by atoms with E-state index in [2.05, 4.69) is 27.0 Å². The van der Waals surface area contributed by atoms with E-state index in [4.69, 9.17) is 39.8 Å². The van der Waals surface area contributed by atoms with Gasteiger partial charge < -0.3 is 4.90 Å². The monoisotopic (exact) mass is 524 g/mol. The average Bonchev–Trinajstić information content (AvgIpc) is 2.89. The van der Waals surface area contributed by atoms with Crippen LogP contribution in [0.15, 0.2) is 60.9 Å². The van der Waals surface area contributed by atoms with Gasteiger partial charge in [-0.3, -0.25) is 9.97 Å². The van der Waals surface area contributed by atoms with Crippen LogP contribution in [0.5, 0.6) is 0 Å². The second-order valence-corrected chi connectivity index (χ2v) is 10.3. The molecule has 0 atom stereocenters. The summed E-state index contributed by atoms with van der Waals surface area (Å²) < 4.78 is 0. The van der Waals surface area contributed by atoms with Crippen molar-refractivity contribution in [1.29, 1.82) is 0 Å². The topological polar surface area (TPSA) is 41.9 Å². The van der Waals surface area contributed by atoms with Gasteiger partial charge in [-0.1, -0.05) is 59.1 Å². The fraction of sp³-hybridized carbons (Fsp3) is 0.321. The molecule has 0 unspecified atom stereocenters. The summed E-state index contributed by atoms with van der Waals surface area (Å²) in [7, 11) is 0. The van der Waals surface area contributed by atoms with Crippen molar-refractivity contribution in [3.63, 3.8) is 0 Å². The molecule has 180 valence electrons. The maximum atomic E-state index is 6.65. The van der Waals surface area contributed by atoms with E-state index >= 15 is 0 Å². The summed E-state index contributed by atoms with van der Waals surface area (Å²) >= 11 is 19.5. The Morgan fingerprint density at radius 1 is 0.857 bits per heavy atom. The molecule has 0 saturated carbocycles. The van der Waals surface area contributed by atoms with Gasteiger partial charge in [0.1, 0.15) is 5.69 Å². The standard InChI is InChI=1S/C28H27Cl3N4/c29-22-9-2-1-7-20(22)19-11-15-35(16-12-19)14-6-4-8-21-27(31)23(30)17-25-28(21)34-26(18-33-25)24-10-3-5-13-32-24/h1-3,5,7,9-10,13,17-19H,4,6,8,11-12,14-16H2. The second-order valence-electron chi connectivity index (χ2n) is 9.08. The van der Waals surface area contributed by atoms with E-state index in [0.717, 1.165) is 84.7 Å². The van der Waals surface area contributed by atoms with Crippen LogP contribution in [0.4, 0.5) is 0 Å². The van der Waals surface area contributed by atoms with E-state index < -0.39 is 0 Å². The van der Waals surface area contributed by atoms with E-state index in [1.165, 1.54) is 5.56 Å². The Labute approximate surface area is 221 Å². The second kappa shape index (κ2) is 11.2. The Hall–Kier alpha value is -2.24. The Balaban J connectivity index is 1.22. The molecular weight excluding hydrogens is 499 g/mol. The van der Waals surface area contributed by atoms with Crippen molar-refractivity contribution in [3.05, 3.63) is 87.1 Å². The summed E-state index contributed by atoms with van der Waals surface area (Å²) in [5.41, 5.74) is 5.36. The van der Waals surface area contributed by atoms with Crippen molar-refractivity contribution < 1.29 is 0 Å². The van der Waals surface area contributed by atoms with Crippen molar-refractivity contribution >= 4 is 45.8 Å². The van der Waals surface area contributed by atoms with Gasteiger partial charge in [0.15, 0.2) is 0 Å². The number of benzene rings is 2. The highest BCUT2D eigenvalue weighted by atomic mass is 35.5. The summed E-state index contributed by atoms with van der Waals surface area (Å²) in [6, 6.07) is 15.8. The average molecular weight is 526 g/mol. The lowest BCUT2D eigenvalue weighted by Gasteiger charge is -2.32. The normalized spacial score (nSPS) is 15.1. The van der Waals surface area contributed by atoms with Gasteiger partial charge in [0.2, 0.25) is 0 Å². The third-order valence-corrected chi connectivity index (χ3v) is 8.01. The quantitative estimate of drug-likeness (QED) is 0.230. The first-order valence-electron chi connectivity index (χ1n) is 12.1. The van der Waals surface area contributed by atoms with E-state index in [0.29, 0.717) is 16.0 Å². The summed E-state index contributed by atoms with van der Waals surface area (Å²) in [5, 5.41) is 1.99. The van der Waals surface area contributed by atoms with Crippen LogP contribution in [0.3, 0.4) is 0 Å². The van der Waals surface area contributed by atoms with Gasteiger partial charge in [-0.2, -0.15) is 0 Å². The number of unbranched alkanes of at least 4 members (excludes halogenated alkanes) is 1. The van der Waals surface area contributed by atoms with E-state index in [9.17, 15) is 0 Å². The van der Waals surface area contributed by atoms with Crippen molar-refractivity contribution in [3.8, 4) is 11.4 Å². The molecule has 5 rings (SSSR count). The van der Waals surface area contributed by atoms with Gasteiger partial charge >= 0.3 is 0 Å². The molecule has 0 spiro atoms. The molecule has 4 nitrogen and oxygen atoms in total. The van der Waals surface area contributed by atoms with Crippen LogP contribution < -0.4 is 0 Å². The summed E-state index contributed by atoms with van der Waals surface area (Å²) in [6.45, 7) is 3.29. The molecule has 0 bridgehead atoms. The highest BCUT2D eigenvalue weighted by Crippen LogP contribution is 2.34. The molecular formula is C28H27Cl3N4.